The first-order valence-electron chi connectivity index (χ1n) is 10.3. The van der Waals surface area contributed by atoms with Crippen molar-refractivity contribution in [3.05, 3.63) is 92.8 Å². The van der Waals surface area contributed by atoms with E-state index in [2.05, 4.69) is 5.32 Å². The van der Waals surface area contributed by atoms with Crippen molar-refractivity contribution in [2.45, 2.75) is 0 Å². The molecule has 4 aromatic rings. The molecule has 1 aromatic heterocycles. The molecule has 182 valence electrons. The number of carbonyl (C=O) groups excluding carboxylic acids is 2. The monoisotopic (exact) mass is 542 g/mol. The number of carbonyl (C=O) groups is 4. The Kier molecular flexibility index (Phi) is 7.25. The molecule has 0 unspecified atom stereocenters. The second-order valence-corrected chi connectivity index (χ2v) is 9.39. The molecule has 0 aliphatic heterocycles. The molecule has 11 heteroatoms. The highest BCUT2D eigenvalue weighted by atomic mass is 35.5. The van der Waals surface area contributed by atoms with Crippen molar-refractivity contribution < 1.29 is 29.4 Å². The van der Waals surface area contributed by atoms with Gasteiger partial charge in [0.15, 0.2) is 0 Å². The number of anilines is 2. The van der Waals surface area contributed by atoms with E-state index < -0.39 is 30.3 Å². The third-order valence-electron chi connectivity index (χ3n) is 5.16. The minimum atomic E-state index is -1.33. The van der Waals surface area contributed by atoms with Crippen LogP contribution < -0.4 is 10.2 Å². The molecule has 3 aromatic carbocycles. The second-order valence-electron chi connectivity index (χ2n) is 7.52. The van der Waals surface area contributed by atoms with Crippen molar-refractivity contribution >= 4 is 79.8 Å². The fourth-order valence-corrected chi connectivity index (χ4v) is 5.04. The van der Waals surface area contributed by atoms with E-state index in [1.54, 1.807) is 24.3 Å². The van der Waals surface area contributed by atoms with Crippen LogP contribution in [0.4, 0.5) is 11.4 Å². The van der Waals surface area contributed by atoms with Crippen LogP contribution in [0.15, 0.2) is 66.7 Å². The molecule has 0 fully saturated rings. The highest BCUT2D eigenvalue weighted by molar-refractivity contribution is 7.21. The van der Waals surface area contributed by atoms with E-state index >= 15 is 0 Å². The largest absolute Gasteiger partial charge is 0.480 e. The lowest BCUT2D eigenvalue weighted by molar-refractivity contribution is -0.135. The number of rotatable bonds is 7. The van der Waals surface area contributed by atoms with Crippen LogP contribution in [0.2, 0.25) is 10.0 Å². The van der Waals surface area contributed by atoms with E-state index in [1.165, 1.54) is 42.5 Å². The van der Waals surface area contributed by atoms with Gasteiger partial charge in [0.2, 0.25) is 0 Å². The number of thiophene rings is 1. The molecule has 1 heterocycles. The SMILES string of the molecule is O=C(O)CN(C(=O)c1ccc(C(=O)O)c(NC(=O)c2sc3ccccc3c2Cl)c1)c1ccc(Cl)cc1. The summed E-state index contributed by atoms with van der Waals surface area (Å²) < 4.78 is 0.780. The van der Waals surface area contributed by atoms with Crippen molar-refractivity contribution in [1.82, 2.24) is 0 Å². The van der Waals surface area contributed by atoms with Crippen LogP contribution >= 0.6 is 34.5 Å². The summed E-state index contributed by atoms with van der Waals surface area (Å²) >= 11 is 13.4. The lowest BCUT2D eigenvalue weighted by atomic mass is 10.1. The molecule has 4 rings (SSSR count). The molecule has 0 saturated carbocycles. The molecular formula is C25H16Cl2N2O6S. The average molecular weight is 543 g/mol. The van der Waals surface area contributed by atoms with Crippen molar-refractivity contribution in [1.29, 1.82) is 0 Å². The molecule has 0 aliphatic rings. The van der Waals surface area contributed by atoms with Crippen LogP contribution in [0.3, 0.4) is 0 Å². The van der Waals surface area contributed by atoms with Gasteiger partial charge < -0.3 is 15.5 Å². The maximum absolute atomic E-state index is 13.3. The van der Waals surface area contributed by atoms with Gasteiger partial charge in [-0.05, 0) is 48.5 Å². The number of fused-ring (bicyclic) bond motifs is 1. The van der Waals surface area contributed by atoms with Gasteiger partial charge in [-0.3, -0.25) is 19.3 Å². The number of carboxylic acid groups (broad SMARTS) is 2. The van der Waals surface area contributed by atoms with Gasteiger partial charge in [0, 0.05) is 26.4 Å². The zero-order valence-corrected chi connectivity index (χ0v) is 20.5. The first-order valence-corrected chi connectivity index (χ1v) is 11.9. The minimum absolute atomic E-state index is 0.0334. The highest BCUT2D eigenvalue weighted by Gasteiger charge is 2.24. The summed E-state index contributed by atoms with van der Waals surface area (Å²) in [5.74, 6) is -3.94. The van der Waals surface area contributed by atoms with Crippen molar-refractivity contribution in [3.8, 4) is 0 Å². The number of aromatic carboxylic acids is 1. The van der Waals surface area contributed by atoms with Gasteiger partial charge in [-0.1, -0.05) is 41.4 Å². The summed E-state index contributed by atoms with van der Waals surface area (Å²) in [6, 6.07) is 16.7. The van der Waals surface area contributed by atoms with Gasteiger partial charge in [-0.25, -0.2) is 4.79 Å². The van der Waals surface area contributed by atoms with Gasteiger partial charge in [0.05, 0.1) is 16.3 Å². The molecule has 0 aliphatic carbocycles. The van der Waals surface area contributed by atoms with E-state index in [4.69, 9.17) is 23.2 Å². The van der Waals surface area contributed by atoms with Crippen LogP contribution in [-0.4, -0.2) is 40.5 Å². The number of nitrogens with zero attached hydrogens (tertiary/aromatic N) is 1. The van der Waals surface area contributed by atoms with Crippen LogP contribution in [0, 0.1) is 0 Å². The Morgan fingerprint density at radius 1 is 0.917 bits per heavy atom. The predicted molar refractivity (Wildman–Crippen MR) is 139 cm³/mol. The Balaban J connectivity index is 1.71. The minimum Gasteiger partial charge on any atom is -0.480 e. The summed E-state index contributed by atoms with van der Waals surface area (Å²) in [5, 5.41) is 22.8. The zero-order valence-electron chi connectivity index (χ0n) is 18.2. The quantitative estimate of drug-likeness (QED) is 0.267. The molecular weight excluding hydrogens is 527 g/mol. The van der Waals surface area contributed by atoms with Gasteiger partial charge in [-0.2, -0.15) is 0 Å². The molecule has 8 nitrogen and oxygen atoms in total. The highest BCUT2D eigenvalue weighted by Crippen LogP contribution is 2.36. The predicted octanol–water partition coefficient (Wildman–Crippen LogP) is 5.89. The third kappa shape index (κ3) is 5.18. The summed E-state index contributed by atoms with van der Waals surface area (Å²) in [6.07, 6.45) is 0. The number of hydrogen-bond acceptors (Lipinski definition) is 5. The number of hydrogen-bond donors (Lipinski definition) is 3. The maximum atomic E-state index is 13.3. The lowest BCUT2D eigenvalue weighted by Gasteiger charge is -2.21. The van der Waals surface area contributed by atoms with Crippen LogP contribution in [0.5, 0.6) is 0 Å². The van der Waals surface area contributed by atoms with E-state index in [0.717, 1.165) is 20.9 Å². The first-order chi connectivity index (χ1) is 17.2. The number of nitrogens with one attached hydrogen (secondary N) is 1. The van der Waals surface area contributed by atoms with E-state index in [-0.39, 0.29) is 32.4 Å². The summed E-state index contributed by atoms with van der Waals surface area (Å²) in [6.45, 7) is -0.653. The van der Waals surface area contributed by atoms with Crippen LogP contribution in [-0.2, 0) is 4.79 Å². The molecule has 2 amide bonds. The molecule has 0 atom stereocenters. The molecule has 3 N–H and O–H groups in total. The Labute approximate surface area is 218 Å². The molecule has 0 saturated heterocycles. The fraction of sp³-hybridized carbons (Fsp3) is 0.0400. The smallest absolute Gasteiger partial charge is 0.337 e. The number of halogens is 2. The van der Waals surface area contributed by atoms with Crippen molar-refractivity contribution in [2.75, 3.05) is 16.8 Å². The number of aliphatic carboxylic acids is 1. The first kappa shape index (κ1) is 25.2. The standard InChI is InChI=1S/C25H16Cl2N2O6S/c26-14-6-8-15(9-7-14)29(12-20(30)31)24(33)13-5-10-16(25(34)35)18(11-13)28-23(32)22-21(27)17-3-1-2-4-19(17)36-22/h1-11H,12H2,(H,28,32)(H,30,31)(H,34,35). The number of amides is 2. The van der Waals surface area contributed by atoms with E-state index in [0.29, 0.717) is 10.4 Å². The maximum Gasteiger partial charge on any atom is 0.337 e. The van der Waals surface area contributed by atoms with Crippen LogP contribution in [0.1, 0.15) is 30.4 Å². The fourth-order valence-electron chi connectivity index (χ4n) is 3.50. The Morgan fingerprint density at radius 2 is 1.61 bits per heavy atom. The van der Waals surface area contributed by atoms with Crippen LogP contribution in [0.25, 0.3) is 10.1 Å². The second kappa shape index (κ2) is 10.4. The van der Waals surface area contributed by atoms with E-state index in [1.807, 2.05) is 0 Å². The van der Waals surface area contributed by atoms with Crippen molar-refractivity contribution in [3.63, 3.8) is 0 Å². The lowest BCUT2D eigenvalue weighted by Crippen LogP contribution is -2.35. The third-order valence-corrected chi connectivity index (χ3v) is 7.09. The molecule has 0 spiro atoms. The molecule has 36 heavy (non-hydrogen) atoms. The summed E-state index contributed by atoms with van der Waals surface area (Å²) in [5.41, 5.74) is -0.155. The zero-order chi connectivity index (χ0) is 26.0. The van der Waals surface area contributed by atoms with Crippen molar-refractivity contribution in [2.24, 2.45) is 0 Å². The normalized spacial score (nSPS) is 10.7. The summed E-state index contributed by atoms with van der Waals surface area (Å²) in [4.78, 5) is 50.7. The number of carboxylic acids is 2. The molecule has 0 radical (unpaired) electrons. The van der Waals surface area contributed by atoms with Gasteiger partial charge >= 0.3 is 11.9 Å². The van der Waals surface area contributed by atoms with Gasteiger partial charge in [0.25, 0.3) is 11.8 Å². The Bertz CT molecular complexity index is 1520. The van der Waals surface area contributed by atoms with E-state index in [9.17, 15) is 29.4 Å². The Morgan fingerprint density at radius 3 is 2.25 bits per heavy atom. The topological polar surface area (TPSA) is 124 Å². The summed E-state index contributed by atoms with van der Waals surface area (Å²) in [7, 11) is 0. The molecule has 0 bridgehead atoms. The average Bonchev–Trinajstić information content (AvgIpc) is 3.19. The number of benzene rings is 3. The Hall–Kier alpha value is -3.92. The van der Waals surface area contributed by atoms with Gasteiger partial charge in [-0.15, -0.1) is 11.3 Å². The van der Waals surface area contributed by atoms with Gasteiger partial charge in [0.1, 0.15) is 11.4 Å².